The first-order valence-corrected chi connectivity index (χ1v) is 10.7. The van der Waals surface area contributed by atoms with Crippen LogP contribution < -0.4 is 10.1 Å². The van der Waals surface area contributed by atoms with Crippen molar-refractivity contribution in [2.75, 3.05) is 0 Å². The molecule has 1 aliphatic rings. The third kappa shape index (κ3) is 5.11. The zero-order chi connectivity index (χ0) is 22.7. The van der Waals surface area contributed by atoms with Gasteiger partial charge in [0.2, 0.25) is 5.88 Å². The Labute approximate surface area is 186 Å². The van der Waals surface area contributed by atoms with E-state index >= 15 is 0 Å². The summed E-state index contributed by atoms with van der Waals surface area (Å²) in [5.74, 6) is 0.666. The lowest BCUT2D eigenvalue weighted by Gasteiger charge is -2.33. The van der Waals surface area contributed by atoms with Crippen molar-refractivity contribution in [2.45, 2.75) is 64.7 Å². The summed E-state index contributed by atoms with van der Waals surface area (Å²) in [6.07, 6.45) is 7.38. The highest BCUT2D eigenvalue weighted by Gasteiger charge is 2.29. The van der Waals surface area contributed by atoms with Gasteiger partial charge in [0.15, 0.2) is 0 Å². The number of ether oxygens (including phenoxy) is 1. The van der Waals surface area contributed by atoms with Crippen LogP contribution in [0, 0.1) is 13.8 Å². The lowest BCUT2D eigenvalue weighted by Crippen LogP contribution is -2.42. The Kier molecular flexibility index (Phi) is 6.18. The highest BCUT2D eigenvalue weighted by molar-refractivity contribution is 5.92. The number of rotatable bonds is 6. The lowest BCUT2D eigenvalue weighted by molar-refractivity contribution is 0.0140. The van der Waals surface area contributed by atoms with E-state index < -0.39 is 5.60 Å². The summed E-state index contributed by atoms with van der Waals surface area (Å²) < 4.78 is 11.1. The molecule has 1 saturated carbocycles. The van der Waals surface area contributed by atoms with E-state index in [-0.39, 0.29) is 24.2 Å². The van der Waals surface area contributed by atoms with E-state index in [1.807, 2.05) is 32.9 Å². The molecule has 9 heteroatoms. The molecular formula is C23H27N5O4. The fourth-order valence-electron chi connectivity index (χ4n) is 3.69. The summed E-state index contributed by atoms with van der Waals surface area (Å²) in [6.45, 7) is 5.77. The number of carbonyl (C=O) groups excluding carboxylic acids is 1. The van der Waals surface area contributed by atoms with Crippen molar-refractivity contribution < 1.29 is 19.2 Å². The highest BCUT2D eigenvalue weighted by Crippen LogP contribution is 2.28. The van der Waals surface area contributed by atoms with Crippen molar-refractivity contribution in [3.63, 3.8) is 0 Å². The van der Waals surface area contributed by atoms with E-state index in [9.17, 15) is 9.90 Å². The van der Waals surface area contributed by atoms with Crippen LogP contribution in [0.2, 0.25) is 0 Å². The average Bonchev–Trinajstić information content (AvgIpc) is 3.15. The van der Waals surface area contributed by atoms with Crippen LogP contribution in [0.4, 0.5) is 0 Å². The van der Waals surface area contributed by atoms with Crippen LogP contribution >= 0.6 is 0 Å². The minimum atomic E-state index is -0.640. The maximum absolute atomic E-state index is 12.5. The van der Waals surface area contributed by atoms with Crippen molar-refractivity contribution in [2.24, 2.45) is 0 Å². The molecule has 4 rings (SSSR count). The molecule has 0 aliphatic heterocycles. The number of amides is 1. The SMILES string of the molecule is Cc1ccc(-c2noc(C)c2COc2cnc(C(=O)N[C@H]3CC[C@@](C)(O)CC3)cn2)cn1. The second kappa shape index (κ2) is 9.04. The molecule has 2 N–H and O–H groups in total. The number of pyridine rings is 1. The molecule has 1 aliphatic carbocycles. The zero-order valence-corrected chi connectivity index (χ0v) is 18.5. The first kappa shape index (κ1) is 21.9. The van der Waals surface area contributed by atoms with Crippen LogP contribution in [0.15, 0.2) is 35.2 Å². The molecule has 0 saturated heterocycles. The molecule has 3 aromatic heterocycles. The maximum Gasteiger partial charge on any atom is 0.271 e. The Morgan fingerprint density at radius 1 is 1.19 bits per heavy atom. The predicted octanol–water partition coefficient (Wildman–Crippen LogP) is 3.15. The molecule has 168 valence electrons. The Bertz CT molecular complexity index is 1070. The minimum Gasteiger partial charge on any atom is -0.471 e. The number of nitrogens with one attached hydrogen (secondary N) is 1. The summed E-state index contributed by atoms with van der Waals surface area (Å²) in [5.41, 5.74) is 2.81. The van der Waals surface area contributed by atoms with Gasteiger partial charge < -0.3 is 19.7 Å². The number of aryl methyl sites for hydroxylation is 2. The molecule has 1 fully saturated rings. The lowest BCUT2D eigenvalue weighted by atomic mass is 9.83. The van der Waals surface area contributed by atoms with Crippen molar-refractivity contribution in [1.29, 1.82) is 0 Å². The zero-order valence-electron chi connectivity index (χ0n) is 18.5. The van der Waals surface area contributed by atoms with E-state index in [1.165, 1.54) is 12.4 Å². The van der Waals surface area contributed by atoms with Crippen LogP contribution in [0.3, 0.4) is 0 Å². The number of hydrogen-bond donors (Lipinski definition) is 2. The Hall–Kier alpha value is -3.33. The molecule has 0 bridgehead atoms. The van der Waals surface area contributed by atoms with Crippen molar-refractivity contribution >= 4 is 5.91 Å². The summed E-state index contributed by atoms with van der Waals surface area (Å²) >= 11 is 0. The van der Waals surface area contributed by atoms with Crippen LogP contribution in [-0.4, -0.2) is 42.8 Å². The van der Waals surface area contributed by atoms with Crippen molar-refractivity contribution in [3.05, 3.63) is 53.4 Å². The molecule has 3 aromatic rings. The molecule has 1 amide bonds. The largest absolute Gasteiger partial charge is 0.471 e. The van der Waals surface area contributed by atoms with Crippen molar-refractivity contribution in [1.82, 2.24) is 25.4 Å². The summed E-state index contributed by atoms with van der Waals surface area (Å²) in [6, 6.07) is 3.88. The van der Waals surface area contributed by atoms with Gasteiger partial charge in [0, 0.05) is 23.5 Å². The normalized spacial score (nSPS) is 20.7. The molecule has 0 radical (unpaired) electrons. The number of nitrogens with zero attached hydrogens (tertiary/aromatic N) is 4. The second-order valence-electron chi connectivity index (χ2n) is 8.53. The van der Waals surface area contributed by atoms with E-state index in [2.05, 4.69) is 25.4 Å². The number of carbonyl (C=O) groups is 1. The number of aromatic nitrogens is 4. The first-order chi connectivity index (χ1) is 15.3. The van der Waals surface area contributed by atoms with Gasteiger partial charge in [0.05, 0.1) is 23.6 Å². The molecule has 0 unspecified atom stereocenters. The first-order valence-electron chi connectivity index (χ1n) is 10.7. The molecule has 32 heavy (non-hydrogen) atoms. The monoisotopic (exact) mass is 437 g/mol. The third-order valence-corrected chi connectivity index (χ3v) is 5.79. The van der Waals surface area contributed by atoms with Gasteiger partial charge in [-0.1, -0.05) is 5.16 Å². The van der Waals surface area contributed by atoms with Gasteiger partial charge in [-0.3, -0.25) is 9.78 Å². The third-order valence-electron chi connectivity index (χ3n) is 5.79. The van der Waals surface area contributed by atoms with Crippen LogP contribution in [0.1, 0.15) is 60.1 Å². The predicted molar refractivity (Wildman–Crippen MR) is 116 cm³/mol. The maximum atomic E-state index is 12.5. The van der Waals surface area contributed by atoms with Crippen LogP contribution in [0.25, 0.3) is 11.3 Å². The molecule has 0 atom stereocenters. The van der Waals surface area contributed by atoms with Gasteiger partial charge in [-0.15, -0.1) is 0 Å². The Morgan fingerprint density at radius 3 is 2.62 bits per heavy atom. The fourth-order valence-corrected chi connectivity index (χ4v) is 3.69. The summed E-state index contributed by atoms with van der Waals surface area (Å²) in [5, 5.41) is 17.1. The van der Waals surface area contributed by atoms with E-state index in [4.69, 9.17) is 9.26 Å². The number of hydrogen-bond acceptors (Lipinski definition) is 8. The summed E-state index contributed by atoms with van der Waals surface area (Å²) in [4.78, 5) is 25.2. The van der Waals surface area contributed by atoms with Gasteiger partial charge in [0.1, 0.15) is 23.8 Å². The van der Waals surface area contributed by atoms with E-state index in [0.717, 1.165) is 29.7 Å². The Morgan fingerprint density at radius 2 is 1.97 bits per heavy atom. The number of aliphatic hydroxyl groups is 1. The molecule has 0 aromatic carbocycles. The molecule has 3 heterocycles. The molecule has 9 nitrogen and oxygen atoms in total. The smallest absolute Gasteiger partial charge is 0.271 e. The fraction of sp³-hybridized carbons (Fsp3) is 0.435. The topological polar surface area (TPSA) is 123 Å². The van der Waals surface area contributed by atoms with Gasteiger partial charge in [0.25, 0.3) is 5.91 Å². The molecular weight excluding hydrogens is 410 g/mol. The van der Waals surface area contributed by atoms with Gasteiger partial charge >= 0.3 is 0 Å². The van der Waals surface area contributed by atoms with Gasteiger partial charge in [-0.25, -0.2) is 9.97 Å². The minimum absolute atomic E-state index is 0.0340. The van der Waals surface area contributed by atoms with Gasteiger partial charge in [-0.05, 0) is 58.6 Å². The average molecular weight is 438 g/mol. The Balaban J connectivity index is 1.36. The summed E-state index contributed by atoms with van der Waals surface area (Å²) in [7, 11) is 0. The quantitative estimate of drug-likeness (QED) is 0.603. The van der Waals surface area contributed by atoms with Gasteiger partial charge in [-0.2, -0.15) is 0 Å². The van der Waals surface area contributed by atoms with Crippen LogP contribution in [-0.2, 0) is 6.61 Å². The second-order valence-corrected chi connectivity index (χ2v) is 8.53. The van der Waals surface area contributed by atoms with Crippen LogP contribution in [0.5, 0.6) is 5.88 Å². The standard InChI is InChI=1S/C23H27N5O4/c1-14-4-5-16(10-24-14)21-18(15(2)32-28-21)13-31-20-12-25-19(11-26-20)22(29)27-17-6-8-23(3,30)9-7-17/h4-5,10-12,17,30H,6-9,13H2,1-3H3,(H,27,29)/t17-,23+. The molecule has 0 spiro atoms. The highest BCUT2D eigenvalue weighted by atomic mass is 16.5. The van der Waals surface area contributed by atoms with E-state index in [0.29, 0.717) is 30.2 Å². The van der Waals surface area contributed by atoms with Crippen molar-refractivity contribution in [3.8, 4) is 17.1 Å². The van der Waals surface area contributed by atoms with E-state index in [1.54, 1.807) is 6.20 Å².